The van der Waals surface area contributed by atoms with E-state index in [9.17, 15) is 8.42 Å². The lowest BCUT2D eigenvalue weighted by atomic mass is 9.87. The molecule has 1 N–H and O–H groups in total. The highest BCUT2D eigenvalue weighted by Crippen LogP contribution is 2.23. The lowest BCUT2D eigenvalue weighted by Crippen LogP contribution is -2.38. The normalized spacial score (nSPS) is 12.4. The third-order valence-electron chi connectivity index (χ3n) is 4.58. The van der Waals surface area contributed by atoms with Gasteiger partial charge in [0.05, 0.1) is 23.4 Å². The summed E-state index contributed by atoms with van der Waals surface area (Å²) >= 11 is 0. The van der Waals surface area contributed by atoms with Gasteiger partial charge in [-0.05, 0) is 30.0 Å². The van der Waals surface area contributed by atoms with Gasteiger partial charge in [0.2, 0.25) is 0 Å². The van der Waals surface area contributed by atoms with Crippen molar-refractivity contribution in [2.24, 2.45) is 12.0 Å². The topological polar surface area (TPSA) is 79.6 Å². The zero-order valence-corrected chi connectivity index (χ0v) is 21.9. The Kier molecular flexibility index (Phi) is 9.80. The quantitative estimate of drug-likeness (QED) is 0.327. The summed E-state index contributed by atoms with van der Waals surface area (Å²) in [5, 5.41) is 7.39. The zero-order chi connectivity index (χ0) is 21.7. The Hall–Kier alpha value is -1.62. The van der Waals surface area contributed by atoms with Crippen molar-refractivity contribution in [2.75, 3.05) is 25.9 Å². The number of guanidine groups is 1. The first kappa shape index (κ1) is 26.4. The Morgan fingerprint density at radius 1 is 1.23 bits per heavy atom. The number of nitrogens with zero attached hydrogens (tertiary/aromatic N) is 4. The number of aliphatic imine (C=N–C) groups is 1. The number of aromatic nitrogens is 2. The summed E-state index contributed by atoms with van der Waals surface area (Å²) in [6.45, 7) is 9.85. The minimum absolute atomic E-state index is 0. The minimum atomic E-state index is -3.38. The Labute approximate surface area is 197 Å². The van der Waals surface area contributed by atoms with E-state index in [1.807, 2.05) is 50.4 Å². The highest BCUT2D eigenvalue weighted by molar-refractivity contribution is 14.0. The Morgan fingerprint density at radius 3 is 2.37 bits per heavy atom. The highest BCUT2D eigenvalue weighted by atomic mass is 127. The van der Waals surface area contributed by atoms with Crippen LogP contribution in [0.2, 0.25) is 0 Å². The molecule has 168 valence electrons. The van der Waals surface area contributed by atoms with Crippen molar-refractivity contribution in [3.05, 3.63) is 47.8 Å². The Morgan fingerprint density at radius 2 is 1.87 bits per heavy atom. The number of sulfone groups is 1. The van der Waals surface area contributed by atoms with E-state index in [2.05, 4.69) is 36.2 Å². The van der Waals surface area contributed by atoms with Crippen molar-refractivity contribution in [3.63, 3.8) is 0 Å². The van der Waals surface area contributed by atoms with E-state index in [4.69, 9.17) is 0 Å². The van der Waals surface area contributed by atoms with E-state index in [-0.39, 0.29) is 41.7 Å². The van der Waals surface area contributed by atoms with Crippen LogP contribution in [0.5, 0.6) is 0 Å². The largest absolute Gasteiger partial charge is 0.357 e. The van der Waals surface area contributed by atoms with Gasteiger partial charge in [0.1, 0.15) is 0 Å². The van der Waals surface area contributed by atoms with E-state index in [0.29, 0.717) is 23.9 Å². The van der Waals surface area contributed by atoms with E-state index in [1.165, 1.54) is 0 Å². The summed E-state index contributed by atoms with van der Waals surface area (Å²) in [7, 11) is 0.420. The third kappa shape index (κ3) is 7.57. The van der Waals surface area contributed by atoms with E-state index >= 15 is 0 Å². The molecule has 0 saturated heterocycles. The monoisotopic (exact) mass is 547 g/mol. The highest BCUT2D eigenvalue weighted by Gasteiger charge is 2.18. The molecule has 0 bridgehead atoms. The van der Waals surface area contributed by atoms with Gasteiger partial charge >= 0.3 is 0 Å². The number of benzene rings is 1. The zero-order valence-electron chi connectivity index (χ0n) is 18.7. The molecule has 2 rings (SSSR count). The number of hydrogen-bond donors (Lipinski definition) is 1. The van der Waals surface area contributed by atoms with Crippen LogP contribution < -0.4 is 5.32 Å². The molecule has 0 fully saturated rings. The maximum Gasteiger partial charge on any atom is 0.193 e. The van der Waals surface area contributed by atoms with Gasteiger partial charge in [0.25, 0.3) is 0 Å². The molecular weight excluding hydrogens is 513 g/mol. The molecule has 30 heavy (non-hydrogen) atoms. The van der Waals surface area contributed by atoms with Crippen molar-refractivity contribution in [1.82, 2.24) is 20.0 Å². The Bertz CT molecular complexity index is 931. The molecule has 0 aliphatic carbocycles. The maximum absolute atomic E-state index is 12.7. The summed E-state index contributed by atoms with van der Waals surface area (Å²) < 4.78 is 27.1. The summed E-state index contributed by atoms with van der Waals surface area (Å²) in [5.41, 5.74) is 2.17. The van der Waals surface area contributed by atoms with Crippen molar-refractivity contribution in [2.45, 2.75) is 44.6 Å². The molecule has 0 atom stereocenters. The summed E-state index contributed by atoms with van der Waals surface area (Å²) in [6.07, 6.45) is 3.76. The second-order valence-electron chi connectivity index (χ2n) is 8.21. The molecule has 0 spiro atoms. The van der Waals surface area contributed by atoms with Crippen LogP contribution in [0.3, 0.4) is 0 Å². The number of rotatable bonds is 7. The van der Waals surface area contributed by atoms with Crippen molar-refractivity contribution < 1.29 is 8.42 Å². The van der Waals surface area contributed by atoms with Crippen molar-refractivity contribution in [1.29, 1.82) is 0 Å². The van der Waals surface area contributed by atoms with Gasteiger partial charge in [-0.25, -0.2) is 8.42 Å². The average molecular weight is 548 g/mol. The van der Waals surface area contributed by atoms with Gasteiger partial charge < -0.3 is 10.2 Å². The first-order chi connectivity index (χ1) is 13.5. The van der Waals surface area contributed by atoms with Crippen LogP contribution in [0.4, 0.5) is 0 Å². The van der Waals surface area contributed by atoms with Crippen LogP contribution in [0.15, 0.2) is 46.5 Å². The predicted octanol–water partition coefficient (Wildman–Crippen LogP) is 3.21. The van der Waals surface area contributed by atoms with E-state index < -0.39 is 9.84 Å². The molecule has 1 aromatic carbocycles. The first-order valence-electron chi connectivity index (χ1n) is 9.83. The van der Waals surface area contributed by atoms with Crippen LogP contribution in [0, 0.1) is 0 Å². The molecule has 0 unspecified atom stereocenters. The minimum Gasteiger partial charge on any atom is -0.357 e. The van der Waals surface area contributed by atoms with Crippen molar-refractivity contribution >= 4 is 39.8 Å². The summed E-state index contributed by atoms with van der Waals surface area (Å²) in [5.74, 6) is 0.645. The number of hydrogen-bond acceptors (Lipinski definition) is 4. The molecule has 7 nitrogen and oxygen atoms in total. The van der Waals surface area contributed by atoms with Gasteiger partial charge in [-0.15, -0.1) is 24.0 Å². The standard InChI is InChI=1S/C21H33N5O2S.HI/c1-7-22-20(25(5)15-17-14-24-26(6)16-17)23-12-13-29(27,28)19-10-8-18(9-11-19)21(2,3)4;/h8-11,14,16H,7,12-13,15H2,1-6H3,(H,22,23);1H. The van der Waals surface area contributed by atoms with Crippen LogP contribution in [-0.4, -0.2) is 54.9 Å². The maximum atomic E-state index is 12.7. The van der Waals surface area contributed by atoms with E-state index in [0.717, 1.165) is 11.1 Å². The molecule has 0 amide bonds. The van der Waals surface area contributed by atoms with Crippen molar-refractivity contribution in [3.8, 4) is 0 Å². The smallest absolute Gasteiger partial charge is 0.193 e. The number of nitrogens with one attached hydrogen (secondary N) is 1. The van der Waals surface area contributed by atoms with Gasteiger partial charge in [-0.2, -0.15) is 5.10 Å². The SMILES string of the molecule is CCNC(=NCCS(=O)(=O)c1ccc(C(C)(C)C)cc1)N(C)Cc1cnn(C)c1.I. The molecule has 2 aromatic rings. The molecular formula is C21H34IN5O2S. The summed E-state index contributed by atoms with van der Waals surface area (Å²) in [6, 6.07) is 7.17. The molecule has 0 aliphatic rings. The molecule has 9 heteroatoms. The fraction of sp³-hybridized carbons (Fsp3) is 0.524. The van der Waals surface area contributed by atoms with Gasteiger partial charge in [-0.3, -0.25) is 9.67 Å². The van der Waals surface area contributed by atoms with Crippen LogP contribution >= 0.6 is 24.0 Å². The van der Waals surface area contributed by atoms with Crippen LogP contribution in [0.1, 0.15) is 38.8 Å². The van der Waals surface area contributed by atoms with E-state index in [1.54, 1.807) is 16.8 Å². The second-order valence-corrected chi connectivity index (χ2v) is 10.3. The van der Waals surface area contributed by atoms with Gasteiger partial charge in [0.15, 0.2) is 15.8 Å². The lowest BCUT2D eigenvalue weighted by molar-refractivity contribution is 0.477. The first-order valence-corrected chi connectivity index (χ1v) is 11.5. The molecule has 1 heterocycles. The molecule has 1 aromatic heterocycles. The van der Waals surface area contributed by atoms with Crippen LogP contribution in [-0.2, 0) is 28.8 Å². The Balaban J connectivity index is 0.00000450. The van der Waals surface area contributed by atoms with Gasteiger partial charge in [-0.1, -0.05) is 32.9 Å². The third-order valence-corrected chi connectivity index (χ3v) is 6.29. The second kappa shape index (κ2) is 11.1. The molecule has 0 aliphatic heterocycles. The molecule has 0 saturated carbocycles. The van der Waals surface area contributed by atoms with Crippen LogP contribution in [0.25, 0.3) is 0 Å². The number of aryl methyl sites for hydroxylation is 1. The fourth-order valence-corrected chi connectivity index (χ4v) is 4.04. The average Bonchev–Trinajstić information content (AvgIpc) is 3.05. The predicted molar refractivity (Wildman–Crippen MR) is 133 cm³/mol. The lowest BCUT2D eigenvalue weighted by Gasteiger charge is -2.21. The molecule has 0 radical (unpaired) electrons. The fourth-order valence-electron chi connectivity index (χ4n) is 2.92. The number of halogens is 1. The van der Waals surface area contributed by atoms with Gasteiger partial charge in [0, 0.05) is 38.9 Å². The summed E-state index contributed by atoms with van der Waals surface area (Å²) in [4.78, 5) is 6.81.